The Hall–Kier alpha value is -2.24. The minimum atomic E-state index is -0.568. The van der Waals surface area contributed by atoms with Crippen molar-refractivity contribution in [1.82, 2.24) is 5.32 Å². The smallest absolute Gasteiger partial charge is 0.280 e. The summed E-state index contributed by atoms with van der Waals surface area (Å²) in [5, 5.41) is 13.3. The maximum atomic E-state index is 11.8. The molecule has 0 spiro atoms. The lowest BCUT2D eigenvalue weighted by Gasteiger charge is -2.03. The maximum Gasteiger partial charge on any atom is 0.280 e. The first-order valence-corrected chi connectivity index (χ1v) is 5.53. The van der Waals surface area contributed by atoms with Crippen LogP contribution in [0.1, 0.15) is 30.1 Å². The lowest BCUT2D eigenvalue weighted by Crippen LogP contribution is -2.21. The van der Waals surface area contributed by atoms with Gasteiger partial charge in [-0.15, -0.1) is 0 Å². The molecule has 0 saturated heterocycles. The highest BCUT2D eigenvalue weighted by atomic mass is 16.6. The molecule has 0 aromatic heterocycles. The number of nitro benzene ring substituents is 1. The van der Waals surface area contributed by atoms with E-state index in [1.54, 1.807) is 6.07 Å². The number of nitrogens with zero attached hydrogens (tertiary/aromatic N) is 1. The van der Waals surface area contributed by atoms with Gasteiger partial charge in [0.1, 0.15) is 0 Å². The van der Waals surface area contributed by atoms with Crippen molar-refractivity contribution in [3.63, 3.8) is 0 Å². The molecule has 0 heterocycles. The molecule has 1 N–H and O–H groups in total. The monoisotopic (exact) mass is 250 g/mol. The van der Waals surface area contributed by atoms with Crippen LogP contribution in [0.15, 0.2) is 24.3 Å². The minimum Gasteiger partial charge on any atom is -0.356 e. The number of nitrogens with one attached hydrogen (secondary N) is 1. The van der Waals surface area contributed by atoms with Gasteiger partial charge in [-0.05, 0) is 12.5 Å². The van der Waals surface area contributed by atoms with E-state index in [1.807, 2.05) is 0 Å². The first kappa shape index (κ1) is 13.8. The predicted octanol–water partition coefficient (Wildman–Crippen LogP) is 1.69. The van der Waals surface area contributed by atoms with Gasteiger partial charge in [0, 0.05) is 26.0 Å². The Morgan fingerprint density at radius 1 is 1.33 bits per heavy atom. The van der Waals surface area contributed by atoms with E-state index in [0.29, 0.717) is 13.0 Å². The number of carbonyl (C=O) groups excluding carboxylic acids is 2. The third kappa shape index (κ3) is 3.97. The molecular formula is C12H14N2O4. The molecule has 0 aliphatic heterocycles. The van der Waals surface area contributed by atoms with Crippen LogP contribution >= 0.6 is 0 Å². The van der Waals surface area contributed by atoms with Gasteiger partial charge in [-0.1, -0.05) is 12.1 Å². The number of ketones is 1. The average molecular weight is 250 g/mol. The molecule has 6 heteroatoms. The molecule has 96 valence electrons. The maximum absolute atomic E-state index is 11.8. The van der Waals surface area contributed by atoms with Gasteiger partial charge in [0.05, 0.1) is 10.5 Å². The van der Waals surface area contributed by atoms with Crippen LogP contribution in [0.2, 0.25) is 0 Å². The standard InChI is InChI=1S/C12H14N2O4/c1-9(15)13-8-4-7-12(16)10-5-2-3-6-11(10)14(17)18/h2-3,5-6H,4,7-8H2,1H3,(H,13,15). The lowest BCUT2D eigenvalue weighted by molar-refractivity contribution is -0.385. The highest BCUT2D eigenvalue weighted by Crippen LogP contribution is 2.19. The Balaban J connectivity index is 2.61. The highest BCUT2D eigenvalue weighted by Gasteiger charge is 2.18. The van der Waals surface area contributed by atoms with Gasteiger partial charge in [0.15, 0.2) is 5.78 Å². The van der Waals surface area contributed by atoms with Crippen LogP contribution in [0, 0.1) is 10.1 Å². The number of hydrogen-bond donors (Lipinski definition) is 1. The van der Waals surface area contributed by atoms with Crippen LogP contribution < -0.4 is 5.32 Å². The number of para-hydroxylation sites is 1. The normalized spacial score (nSPS) is 9.83. The summed E-state index contributed by atoms with van der Waals surface area (Å²) >= 11 is 0. The molecular weight excluding hydrogens is 236 g/mol. The van der Waals surface area contributed by atoms with Gasteiger partial charge < -0.3 is 5.32 Å². The Bertz CT molecular complexity index is 471. The molecule has 1 aromatic carbocycles. The van der Waals surface area contributed by atoms with Crippen LogP contribution in [0.5, 0.6) is 0 Å². The van der Waals surface area contributed by atoms with E-state index < -0.39 is 4.92 Å². The number of amides is 1. The Labute approximate surface area is 104 Å². The van der Waals surface area contributed by atoms with Crippen molar-refractivity contribution in [2.24, 2.45) is 0 Å². The second-order valence-corrected chi connectivity index (χ2v) is 3.78. The summed E-state index contributed by atoms with van der Waals surface area (Å²) in [5.41, 5.74) is -0.0626. The Kier molecular flexibility index (Phi) is 4.98. The molecule has 1 rings (SSSR count). The van der Waals surface area contributed by atoms with E-state index in [-0.39, 0.29) is 29.4 Å². The summed E-state index contributed by atoms with van der Waals surface area (Å²) < 4.78 is 0. The molecule has 1 aromatic rings. The van der Waals surface area contributed by atoms with E-state index >= 15 is 0 Å². The highest BCUT2D eigenvalue weighted by molar-refractivity contribution is 5.99. The number of Topliss-reactive ketones (excluding diaryl/α,β-unsaturated/α-hetero) is 1. The van der Waals surface area contributed by atoms with Gasteiger partial charge in [-0.25, -0.2) is 0 Å². The van der Waals surface area contributed by atoms with Gasteiger partial charge >= 0.3 is 0 Å². The molecule has 18 heavy (non-hydrogen) atoms. The zero-order valence-corrected chi connectivity index (χ0v) is 10.0. The van der Waals surface area contributed by atoms with Gasteiger partial charge in [-0.2, -0.15) is 0 Å². The number of benzene rings is 1. The first-order chi connectivity index (χ1) is 8.52. The molecule has 0 saturated carbocycles. The second-order valence-electron chi connectivity index (χ2n) is 3.78. The predicted molar refractivity (Wildman–Crippen MR) is 65.3 cm³/mol. The van der Waals surface area contributed by atoms with Gasteiger partial charge in [0.2, 0.25) is 5.91 Å². The van der Waals surface area contributed by atoms with Gasteiger partial charge in [0.25, 0.3) is 5.69 Å². The molecule has 0 aliphatic rings. The SMILES string of the molecule is CC(=O)NCCCC(=O)c1ccccc1[N+](=O)[O-]. The van der Waals surface area contributed by atoms with E-state index in [0.717, 1.165) is 0 Å². The van der Waals surface area contributed by atoms with E-state index in [9.17, 15) is 19.7 Å². The lowest BCUT2D eigenvalue weighted by atomic mass is 10.0. The fourth-order valence-electron chi connectivity index (χ4n) is 1.52. The third-order valence-corrected chi connectivity index (χ3v) is 2.36. The van der Waals surface area contributed by atoms with E-state index in [1.165, 1.54) is 25.1 Å². The summed E-state index contributed by atoms with van der Waals surface area (Å²) in [4.78, 5) is 32.6. The zero-order valence-electron chi connectivity index (χ0n) is 10.0. The quantitative estimate of drug-likeness (QED) is 0.360. The molecule has 1 amide bonds. The van der Waals surface area contributed by atoms with Crippen molar-refractivity contribution < 1.29 is 14.5 Å². The largest absolute Gasteiger partial charge is 0.356 e. The molecule has 0 fully saturated rings. The minimum absolute atomic E-state index is 0.116. The van der Waals surface area contributed by atoms with Crippen LogP contribution in [0.3, 0.4) is 0 Å². The molecule has 0 aliphatic carbocycles. The summed E-state index contributed by atoms with van der Waals surface area (Å²) in [5.74, 6) is -0.444. The van der Waals surface area contributed by atoms with Crippen molar-refractivity contribution in [2.75, 3.05) is 6.54 Å². The Morgan fingerprint density at radius 2 is 2.00 bits per heavy atom. The molecule has 0 bridgehead atoms. The van der Waals surface area contributed by atoms with Crippen LogP contribution in [0.4, 0.5) is 5.69 Å². The van der Waals surface area contributed by atoms with E-state index in [4.69, 9.17) is 0 Å². The van der Waals surface area contributed by atoms with Crippen molar-refractivity contribution in [1.29, 1.82) is 0 Å². The average Bonchev–Trinajstić information content (AvgIpc) is 2.34. The second kappa shape index (κ2) is 6.48. The van der Waals surface area contributed by atoms with Crippen LogP contribution in [-0.4, -0.2) is 23.2 Å². The number of nitro groups is 1. The van der Waals surface area contributed by atoms with E-state index in [2.05, 4.69) is 5.32 Å². The molecule has 6 nitrogen and oxygen atoms in total. The van der Waals surface area contributed by atoms with Crippen LogP contribution in [-0.2, 0) is 4.79 Å². The summed E-state index contributed by atoms with van der Waals surface area (Å²) in [7, 11) is 0. The summed E-state index contributed by atoms with van der Waals surface area (Å²) in [6.45, 7) is 1.78. The van der Waals surface area contributed by atoms with Crippen LogP contribution in [0.25, 0.3) is 0 Å². The fourth-order valence-corrected chi connectivity index (χ4v) is 1.52. The van der Waals surface area contributed by atoms with Gasteiger partial charge in [-0.3, -0.25) is 19.7 Å². The molecule has 0 atom stereocenters. The number of rotatable bonds is 6. The Morgan fingerprint density at radius 3 is 2.61 bits per heavy atom. The topological polar surface area (TPSA) is 89.3 Å². The van der Waals surface area contributed by atoms with Crippen molar-refractivity contribution in [3.8, 4) is 0 Å². The van der Waals surface area contributed by atoms with Crippen molar-refractivity contribution >= 4 is 17.4 Å². The number of carbonyl (C=O) groups is 2. The first-order valence-electron chi connectivity index (χ1n) is 5.53. The van der Waals surface area contributed by atoms with Crippen molar-refractivity contribution in [2.45, 2.75) is 19.8 Å². The molecule has 0 unspecified atom stereocenters. The third-order valence-electron chi connectivity index (χ3n) is 2.36. The molecule has 0 radical (unpaired) electrons. The zero-order chi connectivity index (χ0) is 13.5. The fraction of sp³-hybridized carbons (Fsp3) is 0.333. The summed E-state index contributed by atoms with van der Waals surface area (Å²) in [6.07, 6.45) is 0.635. The van der Waals surface area contributed by atoms with Crippen molar-refractivity contribution in [3.05, 3.63) is 39.9 Å². The number of hydrogen-bond acceptors (Lipinski definition) is 4. The summed E-state index contributed by atoms with van der Waals surface area (Å²) in [6, 6.07) is 5.86.